The average molecular weight is 458 g/mol. The number of benzene rings is 2. The third-order valence-corrected chi connectivity index (χ3v) is 6.83. The van der Waals surface area contributed by atoms with Gasteiger partial charge in [-0.3, -0.25) is 14.3 Å². The predicted octanol–water partition coefficient (Wildman–Crippen LogP) is 4.44. The molecule has 1 aromatic heterocycles. The van der Waals surface area contributed by atoms with Crippen LogP contribution in [0, 0.1) is 0 Å². The highest BCUT2D eigenvalue weighted by Gasteiger charge is 2.39. The van der Waals surface area contributed by atoms with Gasteiger partial charge in [0.05, 0.1) is 18.8 Å². The quantitative estimate of drug-likeness (QED) is 0.228. The van der Waals surface area contributed by atoms with Crippen LogP contribution >= 0.6 is 0 Å². The Hall–Kier alpha value is -3.51. The Morgan fingerprint density at radius 2 is 1.56 bits per heavy atom. The van der Waals surface area contributed by atoms with Crippen LogP contribution in [0.3, 0.4) is 0 Å². The van der Waals surface area contributed by atoms with Crippen molar-refractivity contribution in [3.05, 3.63) is 102 Å². The lowest BCUT2D eigenvalue weighted by Gasteiger charge is -2.43. The molecule has 1 saturated heterocycles. The molecule has 34 heavy (non-hydrogen) atoms. The molecular formula is C28H33N4O2+. The van der Waals surface area contributed by atoms with Gasteiger partial charge in [-0.1, -0.05) is 66.7 Å². The molecule has 0 N–H and O–H groups in total. The summed E-state index contributed by atoms with van der Waals surface area (Å²) >= 11 is 0. The predicted molar refractivity (Wildman–Crippen MR) is 134 cm³/mol. The van der Waals surface area contributed by atoms with Crippen LogP contribution in [-0.4, -0.2) is 59.4 Å². The second-order valence-electron chi connectivity index (χ2n) is 8.85. The van der Waals surface area contributed by atoms with Crippen molar-refractivity contribution < 1.29 is 14.1 Å². The summed E-state index contributed by atoms with van der Waals surface area (Å²) in [6.45, 7) is 5.66. The maximum absolute atomic E-state index is 13.5. The molecule has 0 spiro atoms. The minimum absolute atomic E-state index is 0.0429. The second-order valence-corrected chi connectivity index (χ2v) is 8.85. The number of quaternary nitrogens is 1. The van der Waals surface area contributed by atoms with Crippen molar-refractivity contribution in [3.8, 4) is 0 Å². The number of oxime groups is 1. The van der Waals surface area contributed by atoms with Gasteiger partial charge >= 0.3 is 0 Å². The summed E-state index contributed by atoms with van der Waals surface area (Å²) in [5.41, 5.74) is 3.35. The second kappa shape index (κ2) is 11.1. The molecule has 6 heteroatoms. The van der Waals surface area contributed by atoms with Gasteiger partial charge in [0.25, 0.3) is 0 Å². The molecule has 1 fully saturated rings. The molecule has 0 atom stereocenters. The topological polar surface area (TPSA) is 54.8 Å². The molecule has 1 aliphatic rings. The van der Waals surface area contributed by atoms with E-state index in [1.165, 1.54) is 11.1 Å². The van der Waals surface area contributed by atoms with Gasteiger partial charge in [0.15, 0.2) is 0 Å². The van der Waals surface area contributed by atoms with Crippen LogP contribution in [0.4, 0.5) is 0 Å². The molecule has 0 radical (unpaired) electrons. The van der Waals surface area contributed by atoms with Crippen LogP contribution in [0.5, 0.6) is 0 Å². The lowest BCUT2D eigenvalue weighted by Crippen LogP contribution is -2.62. The number of nitrogens with zero attached hydrogens (tertiary/aromatic N) is 4. The van der Waals surface area contributed by atoms with Gasteiger partial charge in [-0.25, -0.2) is 0 Å². The number of rotatable bonds is 7. The number of aromatic nitrogens is 1. The van der Waals surface area contributed by atoms with Crippen molar-refractivity contribution in [3.63, 3.8) is 0 Å². The molecule has 0 saturated carbocycles. The summed E-state index contributed by atoms with van der Waals surface area (Å²) in [6, 6.07) is 26.6. The number of amidine groups is 1. The Bertz CT molecular complexity index is 1040. The van der Waals surface area contributed by atoms with Crippen LogP contribution in [0.2, 0.25) is 0 Å². The number of pyridine rings is 1. The normalized spacial score (nSPS) is 15.9. The van der Waals surface area contributed by atoms with Crippen molar-refractivity contribution in [1.29, 1.82) is 0 Å². The summed E-state index contributed by atoms with van der Waals surface area (Å²) in [5.74, 6) is 1.14. The Morgan fingerprint density at radius 3 is 2.09 bits per heavy atom. The molecular weight excluding hydrogens is 424 g/mol. The van der Waals surface area contributed by atoms with Crippen LogP contribution in [-0.2, 0) is 16.2 Å². The zero-order valence-electron chi connectivity index (χ0n) is 20.0. The van der Waals surface area contributed by atoms with Gasteiger partial charge in [0.2, 0.25) is 11.7 Å². The summed E-state index contributed by atoms with van der Waals surface area (Å²) in [6.07, 6.45) is 2.28. The van der Waals surface area contributed by atoms with E-state index in [-0.39, 0.29) is 11.8 Å². The third kappa shape index (κ3) is 5.51. The average Bonchev–Trinajstić information content (AvgIpc) is 2.89. The first-order chi connectivity index (χ1) is 16.6. The smallest absolute Gasteiger partial charge is 0.235 e. The van der Waals surface area contributed by atoms with Crippen molar-refractivity contribution in [2.75, 3.05) is 33.3 Å². The molecule has 2 heterocycles. The summed E-state index contributed by atoms with van der Waals surface area (Å²) < 4.78 is 0.648. The first-order valence-corrected chi connectivity index (χ1v) is 11.8. The molecule has 1 amide bonds. The summed E-state index contributed by atoms with van der Waals surface area (Å²) in [5, 5.41) is 4.27. The van der Waals surface area contributed by atoms with Gasteiger partial charge in [-0.2, -0.15) is 0 Å². The van der Waals surface area contributed by atoms with Crippen molar-refractivity contribution in [2.24, 2.45) is 5.16 Å². The van der Waals surface area contributed by atoms with Crippen molar-refractivity contribution >= 4 is 11.7 Å². The fourth-order valence-electron chi connectivity index (χ4n) is 4.82. The first kappa shape index (κ1) is 23.6. The van der Waals surface area contributed by atoms with E-state index in [0.717, 1.165) is 31.2 Å². The van der Waals surface area contributed by atoms with E-state index in [2.05, 4.69) is 34.4 Å². The fourth-order valence-corrected chi connectivity index (χ4v) is 4.82. The highest BCUT2D eigenvalue weighted by Crippen LogP contribution is 2.29. The van der Waals surface area contributed by atoms with Gasteiger partial charge < -0.3 is 9.74 Å². The van der Waals surface area contributed by atoms with E-state index < -0.39 is 0 Å². The van der Waals surface area contributed by atoms with E-state index in [1.54, 1.807) is 7.11 Å². The molecule has 0 bridgehead atoms. The number of carbonyl (C=O) groups excluding carboxylic acids is 1. The van der Waals surface area contributed by atoms with Crippen LogP contribution in [0.1, 0.15) is 36.1 Å². The highest BCUT2D eigenvalue weighted by atomic mass is 16.6. The number of hydrogen-bond acceptors (Lipinski definition) is 4. The van der Waals surface area contributed by atoms with Crippen LogP contribution in [0.15, 0.2) is 90.2 Å². The molecule has 0 unspecified atom stereocenters. The molecule has 4 rings (SSSR count). The van der Waals surface area contributed by atoms with E-state index >= 15 is 0 Å². The van der Waals surface area contributed by atoms with E-state index in [1.807, 2.05) is 72.6 Å². The molecule has 3 aromatic rings. The van der Waals surface area contributed by atoms with Gasteiger partial charge in [-0.05, 0) is 28.4 Å². The number of carbonyl (C=O) groups is 1. The zero-order chi connectivity index (χ0) is 23.8. The Kier molecular flexibility index (Phi) is 7.70. The molecule has 6 nitrogen and oxygen atoms in total. The maximum atomic E-state index is 13.5. The van der Waals surface area contributed by atoms with Crippen molar-refractivity contribution in [2.45, 2.75) is 25.8 Å². The van der Waals surface area contributed by atoms with Gasteiger partial charge in [-0.15, -0.1) is 0 Å². The number of piperazine rings is 1. The SMILES string of the molecule is CO/N=C(\C)[N+]1(Cc2ccccn2)CCN(C(=O)CC(c2ccccc2)c2ccccc2)CC1. The fraction of sp³-hybridized carbons (Fsp3) is 0.321. The summed E-state index contributed by atoms with van der Waals surface area (Å²) in [7, 11) is 1.58. The third-order valence-electron chi connectivity index (χ3n) is 6.83. The first-order valence-electron chi connectivity index (χ1n) is 11.8. The Labute approximate surface area is 202 Å². The molecule has 2 aromatic carbocycles. The monoisotopic (exact) mass is 457 g/mol. The lowest BCUT2D eigenvalue weighted by molar-refractivity contribution is -0.861. The maximum Gasteiger partial charge on any atom is 0.235 e. The minimum atomic E-state index is 0.0429. The summed E-state index contributed by atoms with van der Waals surface area (Å²) in [4.78, 5) is 25.1. The number of hydrogen-bond donors (Lipinski definition) is 0. The highest BCUT2D eigenvalue weighted by molar-refractivity contribution is 5.78. The lowest BCUT2D eigenvalue weighted by atomic mass is 9.88. The molecule has 1 aliphatic heterocycles. The Balaban J connectivity index is 1.49. The zero-order valence-corrected chi connectivity index (χ0v) is 20.0. The van der Waals surface area contributed by atoms with E-state index in [0.29, 0.717) is 24.0 Å². The van der Waals surface area contributed by atoms with Crippen LogP contribution < -0.4 is 0 Å². The van der Waals surface area contributed by atoms with Gasteiger partial charge in [0.1, 0.15) is 26.7 Å². The Morgan fingerprint density at radius 1 is 0.971 bits per heavy atom. The standard InChI is InChI=1S/C28H33N4O2/c1-23(30-34-2)32(22-26-15-9-10-16-29-26)19-17-31(18-20-32)28(33)21-27(24-11-5-3-6-12-24)25-13-7-4-8-14-25/h3-16,27H,17-22H2,1-2H3/q+1/b30-23+. The van der Waals surface area contributed by atoms with Gasteiger partial charge in [0, 0.05) is 25.5 Å². The van der Waals surface area contributed by atoms with E-state index in [9.17, 15) is 4.79 Å². The number of amides is 1. The molecule has 0 aliphatic carbocycles. The van der Waals surface area contributed by atoms with Crippen LogP contribution in [0.25, 0.3) is 0 Å². The molecule has 176 valence electrons. The van der Waals surface area contributed by atoms with Crippen molar-refractivity contribution in [1.82, 2.24) is 9.88 Å². The minimum Gasteiger partial charge on any atom is -0.395 e. The largest absolute Gasteiger partial charge is 0.395 e. The van der Waals surface area contributed by atoms with E-state index in [4.69, 9.17) is 4.84 Å².